The monoisotopic (exact) mass is 570 g/mol. The summed E-state index contributed by atoms with van der Waals surface area (Å²) in [4.78, 5) is 19.9. The molecule has 1 heterocycles. The normalized spacial score (nSPS) is 12.3. The van der Waals surface area contributed by atoms with Crippen LogP contribution in [0.2, 0.25) is 0 Å². The average Bonchev–Trinajstić information content (AvgIpc) is 2.68. The Balaban J connectivity index is 2.28. The second-order valence-electron chi connectivity index (χ2n) is 6.33. The maximum absolute atomic E-state index is 13.1. The predicted molar refractivity (Wildman–Crippen MR) is 102 cm³/mol. The smallest absolute Gasteiger partial charge is 0.422 e. The molecule has 0 aliphatic heterocycles. The number of hydrogen-bond acceptors (Lipinski definition) is 5. The van der Waals surface area contributed by atoms with E-state index in [1.807, 2.05) is 5.32 Å². The number of urea groups is 1. The first kappa shape index (κ1) is 27.3. The molecule has 0 saturated heterocycles. The Bertz CT molecular complexity index is 993. The van der Waals surface area contributed by atoms with E-state index in [0.717, 1.165) is 19.2 Å². The molecule has 0 spiro atoms. The topological polar surface area (TPSA) is 76.6 Å². The summed E-state index contributed by atoms with van der Waals surface area (Å²) in [6.45, 7) is -3.73. The van der Waals surface area contributed by atoms with Crippen LogP contribution in [0.5, 0.6) is 11.8 Å². The number of halogens is 10. The lowest BCUT2D eigenvalue weighted by Gasteiger charge is -2.20. The minimum absolute atomic E-state index is 0.258. The number of carbonyl (C=O) groups excluding carboxylic acids is 1. The number of aromatic nitrogens is 2. The highest BCUT2D eigenvalue weighted by atomic mass is 79.9. The number of nitrogens with one attached hydrogen (secondary N) is 1. The van der Waals surface area contributed by atoms with Gasteiger partial charge in [0.1, 0.15) is 0 Å². The Labute approximate surface area is 193 Å². The van der Waals surface area contributed by atoms with Gasteiger partial charge in [-0.05, 0) is 18.2 Å². The Kier molecular flexibility index (Phi) is 8.10. The van der Waals surface area contributed by atoms with Gasteiger partial charge in [-0.15, -0.1) is 0 Å². The van der Waals surface area contributed by atoms with Crippen LogP contribution in [0.25, 0.3) is 0 Å². The summed E-state index contributed by atoms with van der Waals surface area (Å²) in [5, 5.41) is 1.94. The van der Waals surface area contributed by atoms with Gasteiger partial charge in [-0.2, -0.15) is 49.5 Å². The minimum Gasteiger partial charge on any atom is -0.468 e. The molecule has 0 radical (unpaired) electrons. The van der Waals surface area contributed by atoms with Gasteiger partial charge in [0.25, 0.3) is 0 Å². The fourth-order valence-electron chi connectivity index (χ4n) is 2.16. The van der Waals surface area contributed by atoms with Crippen LogP contribution in [0.1, 0.15) is 5.56 Å². The van der Waals surface area contributed by atoms with E-state index in [-0.39, 0.29) is 10.2 Å². The third-order valence-electron chi connectivity index (χ3n) is 3.61. The van der Waals surface area contributed by atoms with Crippen molar-refractivity contribution in [3.8, 4) is 11.8 Å². The van der Waals surface area contributed by atoms with E-state index >= 15 is 0 Å². The number of alkyl halides is 9. The summed E-state index contributed by atoms with van der Waals surface area (Å²) < 4.78 is 122. The second-order valence-corrected chi connectivity index (χ2v) is 7.18. The van der Waals surface area contributed by atoms with Gasteiger partial charge < -0.3 is 9.47 Å². The molecule has 188 valence electrons. The molecule has 1 aromatic heterocycles. The van der Waals surface area contributed by atoms with E-state index in [4.69, 9.17) is 0 Å². The number of anilines is 2. The van der Waals surface area contributed by atoms with Gasteiger partial charge in [-0.25, -0.2) is 4.79 Å². The van der Waals surface area contributed by atoms with Crippen molar-refractivity contribution in [2.45, 2.75) is 18.5 Å². The lowest BCUT2D eigenvalue weighted by Crippen LogP contribution is -2.32. The van der Waals surface area contributed by atoms with Gasteiger partial charge >= 0.3 is 24.6 Å². The number of benzene rings is 1. The van der Waals surface area contributed by atoms with E-state index in [9.17, 15) is 44.3 Å². The molecule has 1 aromatic carbocycles. The molecular formula is C17H12BrF9N4O3. The van der Waals surface area contributed by atoms with Gasteiger partial charge in [0.2, 0.25) is 17.7 Å². The zero-order chi connectivity index (χ0) is 25.9. The number of rotatable bonds is 6. The van der Waals surface area contributed by atoms with Crippen molar-refractivity contribution in [3.05, 3.63) is 34.3 Å². The third kappa shape index (κ3) is 8.42. The van der Waals surface area contributed by atoms with Crippen LogP contribution in [0.3, 0.4) is 0 Å². The first-order valence-corrected chi connectivity index (χ1v) is 9.43. The van der Waals surface area contributed by atoms with Crippen LogP contribution < -0.4 is 19.7 Å². The molecule has 2 aromatic rings. The molecule has 0 atom stereocenters. The Morgan fingerprint density at radius 1 is 0.941 bits per heavy atom. The molecule has 0 aliphatic rings. The minimum atomic E-state index is -4.82. The summed E-state index contributed by atoms with van der Waals surface area (Å²) in [7, 11) is 1.05. The highest BCUT2D eigenvalue weighted by Gasteiger charge is 2.34. The van der Waals surface area contributed by atoms with Crippen molar-refractivity contribution >= 4 is 33.6 Å². The first-order valence-electron chi connectivity index (χ1n) is 8.64. The van der Waals surface area contributed by atoms with Crippen molar-refractivity contribution in [3.63, 3.8) is 0 Å². The van der Waals surface area contributed by atoms with Crippen LogP contribution >= 0.6 is 15.9 Å². The fourth-order valence-corrected chi connectivity index (χ4v) is 2.63. The Hall–Kier alpha value is -2.98. The number of amides is 2. The number of carbonyl (C=O) groups is 1. The lowest BCUT2D eigenvalue weighted by atomic mass is 10.2. The summed E-state index contributed by atoms with van der Waals surface area (Å²) in [5.41, 5.74) is -1.36. The number of nitrogens with zero attached hydrogens (tertiary/aromatic N) is 3. The molecule has 2 amide bonds. The van der Waals surface area contributed by atoms with Crippen LogP contribution in [-0.2, 0) is 6.18 Å². The van der Waals surface area contributed by atoms with Gasteiger partial charge in [-0.1, -0.05) is 15.9 Å². The van der Waals surface area contributed by atoms with E-state index in [1.165, 1.54) is 0 Å². The quantitative estimate of drug-likeness (QED) is 0.444. The van der Waals surface area contributed by atoms with E-state index in [1.54, 1.807) is 0 Å². The van der Waals surface area contributed by atoms with E-state index in [2.05, 4.69) is 35.4 Å². The van der Waals surface area contributed by atoms with Crippen molar-refractivity contribution in [1.82, 2.24) is 9.97 Å². The van der Waals surface area contributed by atoms with Gasteiger partial charge in [0, 0.05) is 17.2 Å². The average molecular weight is 571 g/mol. The highest BCUT2D eigenvalue weighted by Crippen LogP contribution is 2.37. The van der Waals surface area contributed by atoms with Crippen LogP contribution in [0, 0.1) is 0 Å². The summed E-state index contributed by atoms with van der Waals surface area (Å²) in [5.74, 6) is -2.60. The largest absolute Gasteiger partial charge is 0.468 e. The molecule has 0 saturated carbocycles. The Morgan fingerprint density at radius 3 is 1.88 bits per heavy atom. The van der Waals surface area contributed by atoms with Crippen molar-refractivity contribution < 1.29 is 53.8 Å². The summed E-state index contributed by atoms with van der Waals surface area (Å²) in [6, 6.07) is 2.14. The SMILES string of the molecule is CN(C(=O)Nc1nc(OCC(F)(F)F)cc(OCC(F)(F)F)n1)c1ccc(Br)c(C(F)(F)F)c1. The lowest BCUT2D eigenvalue weighted by molar-refractivity contribution is -0.154. The molecule has 17 heteroatoms. The maximum atomic E-state index is 13.1. The van der Waals surface area contributed by atoms with Crippen LogP contribution in [0.4, 0.5) is 55.9 Å². The fraction of sp³-hybridized carbons (Fsp3) is 0.353. The van der Waals surface area contributed by atoms with Crippen molar-refractivity contribution in [2.24, 2.45) is 0 Å². The highest BCUT2D eigenvalue weighted by molar-refractivity contribution is 9.10. The number of ether oxygens (including phenoxy) is 2. The Morgan fingerprint density at radius 2 is 1.44 bits per heavy atom. The molecular weight excluding hydrogens is 559 g/mol. The van der Waals surface area contributed by atoms with Gasteiger partial charge in [0.05, 0.1) is 11.6 Å². The third-order valence-corrected chi connectivity index (χ3v) is 4.30. The molecule has 34 heavy (non-hydrogen) atoms. The summed E-state index contributed by atoms with van der Waals surface area (Å²) in [6.07, 6.45) is -14.4. The predicted octanol–water partition coefficient (Wildman–Crippen LogP) is 5.81. The van der Waals surface area contributed by atoms with Crippen molar-refractivity contribution in [1.29, 1.82) is 0 Å². The van der Waals surface area contributed by atoms with Crippen LogP contribution in [0.15, 0.2) is 28.7 Å². The standard InChI is InChI=1S/C17H12BrF9N4O3/c1-31(8-2-3-10(18)9(4-8)17(25,26)27)14(32)30-13-28-11(33-6-15(19,20)21)5-12(29-13)34-7-16(22,23)24/h2-5H,6-7H2,1H3,(H,28,29,30,32). The van der Waals surface area contributed by atoms with E-state index < -0.39 is 61.0 Å². The molecule has 1 N–H and O–H groups in total. The molecule has 0 unspecified atom stereocenters. The molecule has 7 nitrogen and oxygen atoms in total. The molecule has 0 bridgehead atoms. The first-order chi connectivity index (χ1) is 15.4. The molecule has 2 rings (SSSR count). The van der Waals surface area contributed by atoms with Crippen LogP contribution in [-0.4, -0.2) is 48.6 Å². The zero-order valence-corrected chi connectivity index (χ0v) is 18.2. The summed E-state index contributed by atoms with van der Waals surface area (Å²) >= 11 is 2.73. The van der Waals surface area contributed by atoms with E-state index in [0.29, 0.717) is 17.0 Å². The van der Waals surface area contributed by atoms with Gasteiger partial charge in [-0.3, -0.25) is 10.2 Å². The van der Waals surface area contributed by atoms with Crippen molar-refractivity contribution in [2.75, 3.05) is 30.5 Å². The molecule has 0 aliphatic carbocycles. The second kappa shape index (κ2) is 10.1. The zero-order valence-electron chi connectivity index (χ0n) is 16.6. The molecule has 0 fully saturated rings. The maximum Gasteiger partial charge on any atom is 0.422 e. The number of hydrogen-bond donors (Lipinski definition) is 1. The van der Waals surface area contributed by atoms with Gasteiger partial charge in [0.15, 0.2) is 13.2 Å².